The molecule has 2 heterocycles. The number of hydrogen-bond acceptors (Lipinski definition) is 8. The highest BCUT2D eigenvalue weighted by molar-refractivity contribution is 7.89. The first-order chi connectivity index (χ1) is 15.5. The van der Waals surface area contributed by atoms with Crippen LogP contribution in [0.4, 0.5) is 0 Å². The van der Waals surface area contributed by atoms with Gasteiger partial charge in [0.1, 0.15) is 18.4 Å². The third kappa shape index (κ3) is 5.33. The van der Waals surface area contributed by atoms with Crippen molar-refractivity contribution in [2.24, 2.45) is 0 Å². The molecule has 2 unspecified atom stereocenters. The highest BCUT2D eigenvalue weighted by Crippen LogP contribution is 2.28. The van der Waals surface area contributed by atoms with Gasteiger partial charge in [-0.05, 0) is 44.2 Å². The molecule has 2 atom stereocenters. The highest BCUT2D eigenvalue weighted by atomic mass is 32.2. The molecule has 0 radical (unpaired) electrons. The summed E-state index contributed by atoms with van der Waals surface area (Å²) in [5.74, 6) is -0.580. The summed E-state index contributed by atoms with van der Waals surface area (Å²) in [4.78, 5) is 16.4. The first kappa shape index (κ1) is 25.1. The summed E-state index contributed by atoms with van der Waals surface area (Å²) >= 11 is 0. The van der Waals surface area contributed by atoms with Gasteiger partial charge in [0, 0.05) is 36.6 Å². The van der Waals surface area contributed by atoms with Crippen molar-refractivity contribution in [1.29, 1.82) is 0 Å². The molecule has 13 heteroatoms. The number of hydroxylamine groups is 1. The molecule has 1 aliphatic heterocycles. The number of ether oxygens (including phenoxy) is 1. The number of carbonyl (C=O) groups excluding carboxylic acids is 1. The van der Waals surface area contributed by atoms with Gasteiger partial charge in [-0.1, -0.05) is 6.07 Å². The van der Waals surface area contributed by atoms with Gasteiger partial charge in [-0.15, -0.1) is 0 Å². The maximum Gasteiger partial charge on any atom is 0.263 e. The van der Waals surface area contributed by atoms with E-state index in [-0.39, 0.29) is 24.6 Å². The Balaban J connectivity index is 1.83. The molecule has 1 saturated heterocycles. The zero-order valence-corrected chi connectivity index (χ0v) is 20.0. The standard InChI is InChI=1S/C20H26N4O7S2/c1-14-16(5-4-10-21-14)13-31-17-6-8-18(9-7-17)33(29,30)24-12-11-23(32(3,27)28)15(2)19(24)20(25)22-26/h4-10,15,19,26H,11-13H2,1-3H3,(H,22,25). The van der Waals surface area contributed by atoms with Crippen LogP contribution in [0, 0.1) is 6.92 Å². The Morgan fingerprint density at radius 2 is 1.79 bits per heavy atom. The van der Waals surface area contributed by atoms with E-state index in [9.17, 15) is 21.6 Å². The second-order valence-electron chi connectivity index (χ2n) is 7.66. The van der Waals surface area contributed by atoms with Gasteiger partial charge in [0.05, 0.1) is 11.2 Å². The average Bonchev–Trinajstić information content (AvgIpc) is 2.77. The van der Waals surface area contributed by atoms with Crippen LogP contribution < -0.4 is 10.2 Å². The molecule has 33 heavy (non-hydrogen) atoms. The smallest absolute Gasteiger partial charge is 0.263 e. The molecule has 0 saturated carbocycles. The van der Waals surface area contributed by atoms with E-state index < -0.39 is 38.0 Å². The van der Waals surface area contributed by atoms with Crippen molar-refractivity contribution in [2.75, 3.05) is 19.3 Å². The molecule has 2 N–H and O–H groups in total. The lowest BCUT2D eigenvalue weighted by atomic mass is 10.1. The lowest BCUT2D eigenvalue weighted by molar-refractivity contribution is -0.135. The Morgan fingerprint density at radius 3 is 2.36 bits per heavy atom. The Hall–Kier alpha value is -2.58. The molecule has 11 nitrogen and oxygen atoms in total. The lowest BCUT2D eigenvalue weighted by Crippen LogP contribution is -2.65. The summed E-state index contributed by atoms with van der Waals surface area (Å²) in [5, 5.41) is 9.15. The molecule has 180 valence electrons. The summed E-state index contributed by atoms with van der Waals surface area (Å²) in [6.45, 7) is 3.16. The largest absolute Gasteiger partial charge is 0.489 e. The number of hydrogen-bond donors (Lipinski definition) is 2. The summed E-state index contributed by atoms with van der Waals surface area (Å²) in [7, 11) is -7.88. The lowest BCUT2D eigenvalue weighted by Gasteiger charge is -2.42. The van der Waals surface area contributed by atoms with Crippen molar-refractivity contribution in [3.8, 4) is 5.75 Å². The van der Waals surface area contributed by atoms with E-state index >= 15 is 0 Å². The third-order valence-electron chi connectivity index (χ3n) is 5.51. The quantitative estimate of drug-likeness (QED) is 0.414. The fraction of sp³-hybridized carbons (Fsp3) is 0.400. The Morgan fingerprint density at radius 1 is 1.15 bits per heavy atom. The van der Waals surface area contributed by atoms with Gasteiger partial charge in [-0.2, -0.15) is 8.61 Å². The maximum atomic E-state index is 13.3. The molecular formula is C20H26N4O7S2. The van der Waals surface area contributed by atoms with E-state index in [2.05, 4.69) is 4.98 Å². The van der Waals surface area contributed by atoms with E-state index in [1.807, 2.05) is 13.0 Å². The second-order valence-corrected chi connectivity index (χ2v) is 11.5. The van der Waals surface area contributed by atoms with Crippen molar-refractivity contribution in [2.45, 2.75) is 37.4 Å². The van der Waals surface area contributed by atoms with Crippen LogP contribution in [0.2, 0.25) is 0 Å². The molecule has 1 aromatic carbocycles. The molecule has 0 aliphatic carbocycles. The Kier molecular flexibility index (Phi) is 7.39. The molecule has 1 fully saturated rings. The number of carbonyl (C=O) groups is 1. The number of sulfonamides is 2. The van der Waals surface area contributed by atoms with Crippen molar-refractivity contribution in [3.63, 3.8) is 0 Å². The normalized spacial score (nSPS) is 20.4. The van der Waals surface area contributed by atoms with Crippen LogP contribution >= 0.6 is 0 Å². The van der Waals surface area contributed by atoms with Crippen LogP contribution in [-0.4, -0.2) is 73.0 Å². The molecule has 2 aromatic rings. The van der Waals surface area contributed by atoms with E-state index in [1.54, 1.807) is 12.3 Å². The number of aryl methyl sites for hydroxylation is 1. The molecule has 0 bridgehead atoms. The fourth-order valence-corrected chi connectivity index (χ4v) is 6.54. The molecule has 0 spiro atoms. The topological polar surface area (TPSA) is 146 Å². The van der Waals surface area contributed by atoms with Crippen LogP contribution in [0.25, 0.3) is 0 Å². The predicted molar refractivity (Wildman–Crippen MR) is 118 cm³/mol. The minimum Gasteiger partial charge on any atom is -0.489 e. The zero-order chi connectivity index (χ0) is 24.4. The van der Waals surface area contributed by atoms with Crippen LogP contribution in [-0.2, 0) is 31.4 Å². The van der Waals surface area contributed by atoms with Gasteiger partial charge in [0.25, 0.3) is 5.91 Å². The van der Waals surface area contributed by atoms with Gasteiger partial charge in [-0.25, -0.2) is 22.3 Å². The minimum atomic E-state index is -4.18. The van der Waals surface area contributed by atoms with E-state index in [0.717, 1.165) is 26.1 Å². The number of piperazine rings is 1. The number of nitrogens with zero attached hydrogens (tertiary/aromatic N) is 3. The van der Waals surface area contributed by atoms with Gasteiger partial charge < -0.3 is 4.74 Å². The van der Waals surface area contributed by atoms with Gasteiger partial charge >= 0.3 is 0 Å². The van der Waals surface area contributed by atoms with Gasteiger partial charge in [0.15, 0.2) is 0 Å². The summed E-state index contributed by atoms with van der Waals surface area (Å²) in [5.41, 5.74) is 3.16. The maximum absolute atomic E-state index is 13.3. The molecule has 1 amide bonds. The highest BCUT2D eigenvalue weighted by Gasteiger charge is 2.47. The van der Waals surface area contributed by atoms with Crippen molar-refractivity contribution in [3.05, 3.63) is 53.9 Å². The van der Waals surface area contributed by atoms with Crippen LogP contribution in [0.5, 0.6) is 5.75 Å². The average molecular weight is 499 g/mol. The van der Waals surface area contributed by atoms with E-state index in [0.29, 0.717) is 5.75 Å². The fourth-order valence-electron chi connectivity index (χ4n) is 3.77. The zero-order valence-electron chi connectivity index (χ0n) is 18.4. The predicted octanol–water partition coefficient (Wildman–Crippen LogP) is 0.497. The number of aromatic nitrogens is 1. The van der Waals surface area contributed by atoms with Crippen LogP contribution in [0.1, 0.15) is 18.2 Å². The van der Waals surface area contributed by atoms with Crippen LogP contribution in [0.15, 0.2) is 47.5 Å². The van der Waals surface area contributed by atoms with E-state index in [1.165, 1.54) is 36.7 Å². The van der Waals surface area contributed by atoms with Gasteiger partial charge in [0.2, 0.25) is 20.0 Å². The third-order valence-corrected chi connectivity index (χ3v) is 8.77. The monoisotopic (exact) mass is 498 g/mol. The Bertz CT molecular complexity index is 1220. The summed E-state index contributed by atoms with van der Waals surface area (Å²) in [6.07, 6.45) is 2.66. The number of nitrogens with one attached hydrogen (secondary N) is 1. The van der Waals surface area contributed by atoms with Crippen molar-refractivity contribution in [1.82, 2.24) is 19.1 Å². The first-order valence-electron chi connectivity index (χ1n) is 10.0. The second kappa shape index (κ2) is 9.73. The summed E-state index contributed by atoms with van der Waals surface area (Å²) < 4.78 is 58.4. The molecule has 1 aromatic heterocycles. The minimum absolute atomic E-state index is 0.0943. The number of pyridine rings is 1. The van der Waals surface area contributed by atoms with Crippen molar-refractivity contribution < 1.29 is 31.6 Å². The number of benzene rings is 1. The van der Waals surface area contributed by atoms with E-state index in [4.69, 9.17) is 9.94 Å². The first-order valence-corrected chi connectivity index (χ1v) is 13.3. The van der Waals surface area contributed by atoms with Crippen molar-refractivity contribution >= 4 is 26.0 Å². The molecular weight excluding hydrogens is 472 g/mol. The number of rotatable bonds is 7. The molecule has 3 rings (SSSR count). The SMILES string of the molecule is Cc1ncccc1COc1ccc(S(=O)(=O)N2CCN(S(C)(=O)=O)C(C)C2C(=O)NO)cc1. The van der Waals surface area contributed by atoms with Gasteiger partial charge in [-0.3, -0.25) is 15.0 Å². The molecule has 1 aliphatic rings. The summed E-state index contributed by atoms with van der Waals surface area (Å²) in [6, 6.07) is 6.89. The Labute approximate surface area is 193 Å². The number of amides is 1. The van der Waals surface area contributed by atoms with Crippen LogP contribution in [0.3, 0.4) is 0 Å².